The van der Waals surface area contributed by atoms with Crippen molar-refractivity contribution in [2.45, 2.75) is 31.5 Å². The Morgan fingerprint density at radius 2 is 1.91 bits per heavy atom. The number of aliphatic hydroxyl groups is 1. The smallest absolute Gasteiger partial charge is 0.383 e. The zero-order valence-corrected chi connectivity index (χ0v) is 19.5. The number of nitrogens with one attached hydrogen (secondary N) is 1. The van der Waals surface area contributed by atoms with E-state index in [0.29, 0.717) is 10.7 Å². The van der Waals surface area contributed by atoms with Crippen molar-refractivity contribution in [2.75, 3.05) is 18.4 Å². The highest BCUT2D eigenvalue weighted by Crippen LogP contribution is 2.39. The number of aryl methyl sites for hydroxylation is 1. The third-order valence-electron chi connectivity index (χ3n) is 5.38. The lowest BCUT2D eigenvalue weighted by Crippen LogP contribution is -2.47. The first-order valence-electron chi connectivity index (χ1n) is 10.1. The monoisotopic (exact) mass is 514 g/mol. The predicted molar refractivity (Wildman–Crippen MR) is 120 cm³/mol. The van der Waals surface area contributed by atoms with E-state index in [1.54, 1.807) is 18.3 Å². The van der Waals surface area contributed by atoms with E-state index >= 15 is 0 Å². The van der Waals surface area contributed by atoms with Gasteiger partial charge in [0, 0.05) is 31.2 Å². The van der Waals surface area contributed by atoms with Gasteiger partial charge >= 0.3 is 6.18 Å². The lowest BCUT2D eigenvalue weighted by atomic mass is 9.93. The second-order valence-corrected chi connectivity index (χ2v) is 10.6. The van der Waals surface area contributed by atoms with Gasteiger partial charge in [0.1, 0.15) is 16.3 Å². The van der Waals surface area contributed by atoms with E-state index in [-0.39, 0.29) is 31.9 Å². The van der Waals surface area contributed by atoms with Gasteiger partial charge in [0.15, 0.2) is 0 Å². The molecule has 1 saturated heterocycles. The van der Waals surface area contributed by atoms with Crippen LogP contribution in [0.1, 0.15) is 29.1 Å². The van der Waals surface area contributed by atoms with Crippen LogP contribution in [0.5, 0.6) is 0 Å². The number of benzene rings is 1. The van der Waals surface area contributed by atoms with Gasteiger partial charge in [-0.15, -0.1) is 11.3 Å². The number of hydrogen-bond acceptors (Lipinski definition) is 8. The Bertz CT molecular complexity index is 1300. The maximum atomic E-state index is 12.9. The van der Waals surface area contributed by atoms with Crippen molar-refractivity contribution in [1.82, 2.24) is 19.3 Å². The number of thiazole rings is 1. The van der Waals surface area contributed by atoms with Crippen molar-refractivity contribution in [2.24, 2.45) is 5.14 Å². The summed E-state index contributed by atoms with van der Waals surface area (Å²) >= 11 is 1.26. The molecule has 0 aliphatic carbocycles. The van der Waals surface area contributed by atoms with Crippen LogP contribution in [-0.4, -0.2) is 45.9 Å². The average molecular weight is 515 g/mol. The summed E-state index contributed by atoms with van der Waals surface area (Å²) in [6.45, 7) is 2.00. The molecule has 1 aromatic carbocycles. The molecule has 0 saturated carbocycles. The van der Waals surface area contributed by atoms with E-state index in [4.69, 9.17) is 5.14 Å². The molecule has 14 heteroatoms. The Labute approximate surface area is 197 Å². The number of aromatic nitrogens is 3. The minimum Gasteiger partial charge on any atom is -0.383 e. The fourth-order valence-corrected chi connectivity index (χ4v) is 5.39. The maximum Gasteiger partial charge on any atom is 0.433 e. The molecule has 34 heavy (non-hydrogen) atoms. The molecule has 2 aromatic heterocycles. The van der Waals surface area contributed by atoms with E-state index in [1.165, 1.54) is 11.3 Å². The normalized spacial score (nSPS) is 17.0. The quantitative estimate of drug-likeness (QED) is 0.476. The number of nitrogens with zero attached hydrogens (tertiary/aromatic N) is 4. The Morgan fingerprint density at radius 1 is 1.21 bits per heavy atom. The van der Waals surface area contributed by atoms with Gasteiger partial charge in [-0.1, -0.05) is 6.07 Å². The topological polar surface area (TPSA) is 134 Å². The number of anilines is 2. The zero-order valence-electron chi connectivity index (χ0n) is 17.9. The van der Waals surface area contributed by atoms with Gasteiger partial charge in [-0.2, -0.15) is 25.9 Å². The molecule has 0 spiro atoms. The van der Waals surface area contributed by atoms with Gasteiger partial charge in [0.25, 0.3) is 10.2 Å². The first-order valence-corrected chi connectivity index (χ1v) is 12.4. The van der Waals surface area contributed by atoms with E-state index in [2.05, 4.69) is 20.3 Å². The first-order chi connectivity index (χ1) is 15.8. The highest BCUT2D eigenvalue weighted by Gasteiger charge is 2.39. The van der Waals surface area contributed by atoms with E-state index in [0.717, 1.165) is 32.6 Å². The van der Waals surface area contributed by atoms with E-state index in [1.807, 2.05) is 13.0 Å². The van der Waals surface area contributed by atoms with Crippen LogP contribution in [0, 0.1) is 6.92 Å². The molecule has 9 nitrogen and oxygen atoms in total. The Balaban J connectivity index is 1.56. The molecule has 0 unspecified atom stereocenters. The van der Waals surface area contributed by atoms with Crippen molar-refractivity contribution in [3.63, 3.8) is 0 Å². The standard InChI is InChI=1S/C20H21F3N6O3S2/c1-12-8-13(10-14(9-12)27-18-25-5-2-16(28-18)20(21,22)23)15-11-26-17(33-15)19(30)3-6-29(7-4-19)34(24,31)32/h2,5,8-11,30H,3-4,6-7H2,1H3,(H2,24,31,32)(H,25,27,28). The predicted octanol–water partition coefficient (Wildman–Crippen LogP) is 3.16. The lowest BCUT2D eigenvalue weighted by molar-refractivity contribution is -0.141. The first kappa shape index (κ1) is 24.5. The molecule has 4 rings (SSSR count). The number of alkyl halides is 3. The summed E-state index contributed by atoms with van der Waals surface area (Å²) in [6.07, 6.45) is -1.63. The van der Waals surface area contributed by atoms with Crippen LogP contribution in [0.4, 0.5) is 24.8 Å². The van der Waals surface area contributed by atoms with Crippen molar-refractivity contribution in [3.05, 3.63) is 52.9 Å². The van der Waals surface area contributed by atoms with Crippen molar-refractivity contribution in [1.29, 1.82) is 0 Å². The van der Waals surface area contributed by atoms with E-state index < -0.39 is 27.7 Å². The second-order valence-electron chi connectivity index (χ2n) is 7.98. The number of piperidine rings is 1. The van der Waals surface area contributed by atoms with Crippen LogP contribution in [0.25, 0.3) is 10.4 Å². The third kappa shape index (κ3) is 5.36. The fourth-order valence-electron chi connectivity index (χ4n) is 3.65. The molecule has 0 radical (unpaired) electrons. The number of nitrogens with two attached hydrogens (primary N) is 1. The average Bonchev–Trinajstić information content (AvgIpc) is 3.24. The van der Waals surface area contributed by atoms with E-state index in [9.17, 15) is 26.7 Å². The Morgan fingerprint density at radius 3 is 2.56 bits per heavy atom. The summed E-state index contributed by atoms with van der Waals surface area (Å²) in [4.78, 5) is 12.5. The molecule has 3 aromatic rings. The van der Waals surface area contributed by atoms with Crippen LogP contribution in [0.2, 0.25) is 0 Å². The molecule has 1 aliphatic heterocycles. The molecule has 0 amide bonds. The SMILES string of the molecule is Cc1cc(Nc2nccc(C(F)(F)F)n2)cc(-c2cnc(C3(O)CCN(S(N)(=O)=O)CC3)s2)c1. The summed E-state index contributed by atoms with van der Waals surface area (Å²) in [5.74, 6) is -0.188. The van der Waals surface area contributed by atoms with Crippen LogP contribution >= 0.6 is 11.3 Å². The molecule has 0 bridgehead atoms. The second kappa shape index (κ2) is 8.85. The summed E-state index contributed by atoms with van der Waals surface area (Å²) in [7, 11) is -3.82. The molecular formula is C20H21F3N6O3S2. The summed E-state index contributed by atoms with van der Waals surface area (Å²) < 4.78 is 63.0. The molecule has 3 heterocycles. The highest BCUT2D eigenvalue weighted by atomic mass is 32.2. The Hall–Kier alpha value is -2.65. The van der Waals surface area contributed by atoms with Gasteiger partial charge in [0.05, 0.1) is 4.88 Å². The van der Waals surface area contributed by atoms with Crippen LogP contribution < -0.4 is 10.5 Å². The zero-order chi connectivity index (χ0) is 24.7. The lowest BCUT2D eigenvalue weighted by Gasteiger charge is -2.35. The summed E-state index contributed by atoms with van der Waals surface area (Å²) in [5.41, 5.74) is -0.261. The number of hydrogen-bond donors (Lipinski definition) is 3. The number of halogens is 3. The molecule has 1 fully saturated rings. The minimum absolute atomic E-state index is 0.0831. The van der Waals surface area contributed by atoms with Gasteiger partial charge < -0.3 is 10.4 Å². The van der Waals surface area contributed by atoms with Crippen molar-refractivity contribution < 1.29 is 26.7 Å². The van der Waals surface area contributed by atoms with Gasteiger partial charge in [-0.3, -0.25) is 0 Å². The molecule has 1 aliphatic rings. The van der Waals surface area contributed by atoms with Crippen molar-refractivity contribution in [3.8, 4) is 10.4 Å². The summed E-state index contributed by atoms with van der Waals surface area (Å²) in [5, 5.41) is 19.5. The molecular weight excluding hydrogens is 493 g/mol. The Kier molecular flexibility index (Phi) is 6.37. The third-order valence-corrected chi connectivity index (χ3v) is 7.70. The molecule has 4 N–H and O–H groups in total. The molecule has 0 atom stereocenters. The minimum atomic E-state index is -4.58. The van der Waals surface area contributed by atoms with Gasteiger partial charge in [-0.25, -0.2) is 20.1 Å². The van der Waals surface area contributed by atoms with Gasteiger partial charge in [-0.05, 0) is 49.1 Å². The van der Waals surface area contributed by atoms with Crippen LogP contribution in [-0.2, 0) is 22.0 Å². The maximum absolute atomic E-state index is 12.9. The van der Waals surface area contributed by atoms with Gasteiger partial charge in [0.2, 0.25) is 5.95 Å². The highest BCUT2D eigenvalue weighted by molar-refractivity contribution is 7.86. The summed E-state index contributed by atoms with van der Waals surface area (Å²) in [6, 6.07) is 6.14. The molecule has 182 valence electrons. The fraction of sp³-hybridized carbons (Fsp3) is 0.350. The largest absolute Gasteiger partial charge is 0.433 e. The van der Waals surface area contributed by atoms with Crippen molar-refractivity contribution >= 4 is 33.2 Å². The van der Waals surface area contributed by atoms with Crippen LogP contribution in [0.15, 0.2) is 36.7 Å². The van der Waals surface area contributed by atoms with Crippen LogP contribution in [0.3, 0.4) is 0 Å². The number of rotatable bonds is 5.